The highest BCUT2D eigenvalue weighted by Gasteiger charge is 2.15. The molecule has 2 N–H and O–H groups in total. The van der Waals surface area contributed by atoms with Crippen LogP contribution in [0.2, 0.25) is 5.02 Å². The maximum atomic E-state index is 12.1. The fourth-order valence-corrected chi connectivity index (χ4v) is 2.37. The van der Waals surface area contributed by atoms with Crippen LogP contribution in [-0.4, -0.2) is 38.3 Å². The first-order chi connectivity index (χ1) is 12.6. The largest absolute Gasteiger partial charge is 0.484 e. The number of ether oxygens (including phenoxy) is 3. The number of carbonyl (C=O) groups is 2. The fourth-order valence-electron chi connectivity index (χ4n) is 2.25. The number of hydrogen-bond acceptors (Lipinski definition) is 5. The van der Waals surface area contributed by atoms with Crippen LogP contribution < -0.4 is 24.8 Å². The Morgan fingerprint density at radius 3 is 2.54 bits per heavy atom. The van der Waals surface area contributed by atoms with E-state index < -0.39 is 0 Å². The number of fused-ring (bicyclic) bond motifs is 1. The molecule has 0 saturated heterocycles. The maximum absolute atomic E-state index is 12.1. The molecule has 8 heteroatoms. The number of nitrogens with one attached hydrogen (secondary N) is 2. The second kappa shape index (κ2) is 8.44. The van der Waals surface area contributed by atoms with Crippen molar-refractivity contribution in [3.63, 3.8) is 0 Å². The molecular formula is C18H17ClN2O5. The number of carbonyl (C=O) groups excluding carboxylic acids is 2. The van der Waals surface area contributed by atoms with E-state index in [9.17, 15) is 9.59 Å². The van der Waals surface area contributed by atoms with Crippen molar-refractivity contribution in [2.75, 3.05) is 26.5 Å². The lowest BCUT2D eigenvalue weighted by Gasteiger charge is -2.09. The number of benzene rings is 2. The van der Waals surface area contributed by atoms with E-state index in [2.05, 4.69) is 10.6 Å². The highest BCUT2D eigenvalue weighted by molar-refractivity contribution is 6.30. The minimum atomic E-state index is -0.280. The average Bonchev–Trinajstić information content (AvgIpc) is 3.12. The first kappa shape index (κ1) is 17.9. The molecule has 1 aliphatic heterocycles. The zero-order chi connectivity index (χ0) is 18.4. The van der Waals surface area contributed by atoms with Crippen molar-refractivity contribution in [1.82, 2.24) is 10.6 Å². The smallest absolute Gasteiger partial charge is 0.258 e. The summed E-state index contributed by atoms with van der Waals surface area (Å²) in [6.45, 7) is 0.626. The van der Waals surface area contributed by atoms with Gasteiger partial charge in [0.1, 0.15) is 5.75 Å². The van der Waals surface area contributed by atoms with E-state index in [1.54, 1.807) is 42.5 Å². The summed E-state index contributed by atoms with van der Waals surface area (Å²) in [5.41, 5.74) is 0.464. The number of halogens is 1. The van der Waals surface area contributed by atoms with Gasteiger partial charge >= 0.3 is 0 Å². The molecule has 0 radical (unpaired) electrons. The first-order valence-electron chi connectivity index (χ1n) is 7.95. The molecule has 0 saturated carbocycles. The third-order valence-corrected chi connectivity index (χ3v) is 3.80. The van der Waals surface area contributed by atoms with Gasteiger partial charge in [0.05, 0.1) is 0 Å². The predicted molar refractivity (Wildman–Crippen MR) is 94.9 cm³/mol. The van der Waals surface area contributed by atoms with Crippen LogP contribution in [0.3, 0.4) is 0 Å². The second-order valence-corrected chi connectivity index (χ2v) is 5.85. The molecule has 2 aromatic rings. The summed E-state index contributed by atoms with van der Waals surface area (Å²) in [5, 5.41) is 5.98. The third kappa shape index (κ3) is 4.80. The fraction of sp³-hybridized carbons (Fsp3) is 0.222. The van der Waals surface area contributed by atoms with E-state index in [1.165, 1.54) is 0 Å². The average molecular weight is 377 g/mol. The standard InChI is InChI=1S/C18H17ClN2O5/c19-13-2-4-14(5-3-13)24-10-17(22)20-7-8-21-18(23)12-1-6-15-16(9-12)26-11-25-15/h1-6,9H,7-8,10-11H2,(H,20,22)(H,21,23). The van der Waals surface area contributed by atoms with Crippen LogP contribution in [0.5, 0.6) is 17.2 Å². The molecule has 1 aliphatic rings. The van der Waals surface area contributed by atoms with E-state index in [-0.39, 0.29) is 25.2 Å². The Balaban J connectivity index is 1.35. The lowest BCUT2D eigenvalue weighted by molar-refractivity contribution is -0.123. The van der Waals surface area contributed by atoms with Crippen LogP contribution in [0.4, 0.5) is 0 Å². The molecule has 0 aromatic heterocycles. The molecule has 0 fully saturated rings. The lowest BCUT2D eigenvalue weighted by atomic mass is 10.2. The monoisotopic (exact) mass is 376 g/mol. The zero-order valence-corrected chi connectivity index (χ0v) is 14.5. The Morgan fingerprint density at radius 2 is 1.73 bits per heavy atom. The van der Waals surface area contributed by atoms with E-state index in [4.69, 9.17) is 25.8 Å². The van der Waals surface area contributed by atoms with E-state index in [1.807, 2.05) is 0 Å². The number of rotatable bonds is 7. The lowest BCUT2D eigenvalue weighted by Crippen LogP contribution is -2.36. The van der Waals surface area contributed by atoms with Crippen molar-refractivity contribution in [1.29, 1.82) is 0 Å². The predicted octanol–water partition coefficient (Wildman–Crippen LogP) is 1.99. The van der Waals surface area contributed by atoms with E-state index >= 15 is 0 Å². The Morgan fingerprint density at radius 1 is 1.00 bits per heavy atom. The van der Waals surface area contributed by atoms with Crippen molar-refractivity contribution >= 4 is 23.4 Å². The molecule has 7 nitrogen and oxygen atoms in total. The van der Waals surface area contributed by atoms with Crippen LogP contribution in [0.25, 0.3) is 0 Å². The summed E-state index contributed by atoms with van der Waals surface area (Å²) in [6, 6.07) is 11.7. The Hall–Kier alpha value is -2.93. The quantitative estimate of drug-likeness (QED) is 0.722. The van der Waals surface area contributed by atoms with Gasteiger partial charge in [-0.1, -0.05) is 11.6 Å². The number of hydrogen-bond donors (Lipinski definition) is 2. The van der Waals surface area contributed by atoms with Gasteiger partial charge in [0, 0.05) is 23.7 Å². The van der Waals surface area contributed by atoms with Gasteiger partial charge in [-0.25, -0.2) is 0 Å². The molecule has 0 unspecified atom stereocenters. The van der Waals surface area contributed by atoms with Crippen LogP contribution in [0, 0.1) is 0 Å². The first-order valence-corrected chi connectivity index (χ1v) is 8.32. The molecule has 0 atom stereocenters. The molecule has 0 aliphatic carbocycles. The Bertz CT molecular complexity index is 795. The minimum absolute atomic E-state index is 0.113. The highest BCUT2D eigenvalue weighted by atomic mass is 35.5. The molecule has 3 rings (SSSR count). The van der Waals surface area contributed by atoms with Crippen molar-refractivity contribution in [2.24, 2.45) is 0 Å². The Kier molecular flexibility index (Phi) is 5.80. The summed E-state index contributed by atoms with van der Waals surface area (Å²) < 4.78 is 15.8. The zero-order valence-electron chi connectivity index (χ0n) is 13.8. The normalized spacial score (nSPS) is 11.7. The topological polar surface area (TPSA) is 85.9 Å². The molecule has 0 bridgehead atoms. The van der Waals surface area contributed by atoms with Crippen LogP contribution in [0.1, 0.15) is 10.4 Å². The van der Waals surface area contributed by atoms with Gasteiger partial charge < -0.3 is 24.8 Å². The van der Waals surface area contributed by atoms with Crippen molar-refractivity contribution in [3.8, 4) is 17.2 Å². The van der Waals surface area contributed by atoms with Gasteiger partial charge in [0.2, 0.25) is 6.79 Å². The van der Waals surface area contributed by atoms with Gasteiger partial charge in [-0.15, -0.1) is 0 Å². The van der Waals surface area contributed by atoms with Crippen molar-refractivity contribution in [2.45, 2.75) is 0 Å². The van der Waals surface area contributed by atoms with Gasteiger partial charge in [0.15, 0.2) is 18.1 Å². The maximum Gasteiger partial charge on any atom is 0.258 e. The van der Waals surface area contributed by atoms with Gasteiger partial charge in [-0.3, -0.25) is 9.59 Å². The summed E-state index contributed by atoms with van der Waals surface area (Å²) in [4.78, 5) is 23.8. The molecule has 136 valence electrons. The summed E-state index contributed by atoms with van der Waals surface area (Å²) in [6.07, 6.45) is 0. The van der Waals surface area contributed by atoms with E-state index in [0.29, 0.717) is 40.9 Å². The van der Waals surface area contributed by atoms with Crippen LogP contribution >= 0.6 is 11.6 Å². The summed E-state index contributed by atoms with van der Waals surface area (Å²) >= 11 is 5.77. The van der Waals surface area contributed by atoms with Crippen LogP contribution in [-0.2, 0) is 4.79 Å². The van der Waals surface area contributed by atoms with Gasteiger partial charge in [-0.2, -0.15) is 0 Å². The third-order valence-electron chi connectivity index (χ3n) is 3.55. The van der Waals surface area contributed by atoms with Crippen molar-refractivity contribution < 1.29 is 23.8 Å². The van der Waals surface area contributed by atoms with Crippen molar-refractivity contribution in [3.05, 3.63) is 53.1 Å². The molecule has 26 heavy (non-hydrogen) atoms. The minimum Gasteiger partial charge on any atom is -0.484 e. The molecule has 2 amide bonds. The summed E-state index contributed by atoms with van der Waals surface area (Å²) in [5.74, 6) is 1.19. The molecule has 0 spiro atoms. The Labute approximate surface area is 155 Å². The van der Waals surface area contributed by atoms with Gasteiger partial charge in [-0.05, 0) is 42.5 Å². The van der Waals surface area contributed by atoms with Crippen LogP contribution in [0.15, 0.2) is 42.5 Å². The summed E-state index contributed by atoms with van der Waals surface area (Å²) in [7, 11) is 0. The molecule has 2 aromatic carbocycles. The second-order valence-electron chi connectivity index (χ2n) is 5.42. The number of amides is 2. The van der Waals surface area contributed by atoms with E-state index in [0.717, 1.165) is 0 Å². The molecular weight excluding hydrogens is 360 g/mol. The van der Waals surface area contributed by atoms with Gasteiger partial charge in [0.25, 0.3) is 11.8 Å². The SMILES string of the molecule is O=C(COc1ccc(Cl)cc1)NCCNC(=O)c1ccc2c(c1)OCO2. The highest BCUT2D eigenvalue weighted by Crippen LogP contribution is 2.32. The molecule has 1 heterocycles.